The van der Waals surface area contributed by atoms with Crippen molar-refractivity contribution in [2.24, 2.45) is 0 Å². The first kappa shape index (κ1) is 14.3. The van der Waals surface area contributed by atoms with Crippen molar-refractivity contribution in [2.45, 2.75) is 39.8 Å². The summed E-state index contributed by atoms with van der Waals surface area (Å²) in [7, 11) is 0. The number of hydrogen-bond donors (Lipinski definition) is 1. The summed E-state index contributed by atoms with van der Waals surface area (Å²) in [6.07, 6.45) is 1.92. The number of hydrogen-bond acceptors (Lipinski definition) is 2. The number of aliphatic hydroxyl groups is 1. The third-order valence-electron chi connectivity index (χ3n) is 3.26. The Balaban J connectivity index is 2.35. The molecular weight excluding hydrogens is 304 g/mol. The Bertz CT molecular complexity index is 576. The monoisotopic (exact) mass is 322 g/mol. The third-order valence-corrected chi connectivity index (χ3v) is 3.84. The van der Waals surface area contributed by atoms with E-state index in [2.05, 4.69) is 53.1 Å². The minimum atomic E-state index is -0.940. The maximum Gasteiger partial charge on any atom is 0.108 e. The van der Waals surface area contributed by atoms with E-state index < -0.39 is 5.60 Å². The molecule has 0 saturated heterocycles. The van der Waals surface area contributed by atoms with Crippen LogP contribution < -0.4 is 0 Å². The highest BCUT2D eigenvalue weighted by molar-refractivity contribution is 9.10. The predicted octanol–water partition coefficient (Wildman–Crippen LogP) is 3.54. The van der Waals surface area contributed by atoms with Crippen LogP contribution in [0.4, 0.5) is 0 Å². The SMILES string of the molecule is Cc1cccc(C)c1Cn1cc(Br)c(C(C)(C)O)n1. The Morgan fingerprint density at radius 3 is 2.32 bits per heavy atom. The molecule has 4 heteroatoms. The highest BCUT2D eigenvalue weighted by atomic mass is 79.9. The average Bonchev–Trinajstić information content (AvgIpc) is 2.65. The van der Waals surface area contributed by atoms with Crippen LogP contribution in [0.3, 0.4) is 0 Å². The van der Waals surface area contributed by atoms with Gasteiger partial charge in [-0.2, -0.15) is 5.10 Å². The number of aromatic nitrogens is 2. The van der Waals surface area contributed by atoms with Crippen molar-refractivity contribution in [3.63, 3.8) is 0 Å². The maximum atomic E-state index is 10.1. The molecule has 1 N–H and O–H groups in total. The fourth-order valence-corrected chi connectivity index (χ4v) is 2.95. The minimum absolute atomic E-state index is 0.665. The van der Waals surface area contributed by atoms with Crippen LogP contribution in [0.5, 0.6) is 0 Å². The first-order valence-electron chi connectivity index (χ1n) is 6.30. The molecule has 3 nitrogen and oxygen atoms in total. The lowest BCUT2D eigenvalue weighted by Crippen LogP contribution is -2.17. The van der Waals surface area contributed by atoms with Gasteiger partial charge in [0, 0.05) is 6.20 Å². The van der Waals surface area contributed by atoms with E-state index in [1.807, 2.05) is 10.9 Å². The van der Waals surface area contributed by atoms with Crippen molar-refractivity contribution in [1.82, 2.24) is 9.78 Å². The lowest BCUT2D eigenvalue weighted by Gasteiger charge is -2.14. The molecule has 0 radical (unpaired) electrons. The van der Waals surface area contributed by atoms with Crippen molar-refractivity contribution in [2.75, 3.05) is 0 Å². The Morgan fingerprint density at radius 1 is 1.26 bits per heavy atom. The maximum absolute atomic E-state index is 10.1. The minimum Gasteiger partial charge on any atom is -0.384 e. The van der Waals surface area contributed by atoms with Gasteiger partial charge in [0.25, 0.3) is 0 Å². The van der Waals surface area contributed by atoms with Gasteiger partial charge in [-0.15, -0.1) is 0 Å². The topological polar surface area (TPSA) is 38.0 Å². The van der Waals surface area contributed by atoms with E-state index in [-0.39, 0.29) is 0 Å². The molecule has 19 heavy (non-hydrogen) atoms. The van der Waals surface area contributed by atoms with Gasteiger partial charge in [0.05, 0.1) is 11.0 Å². The van der Waals surface area contributed by atoms with Gasteiger partial charge in [-0.05, 0) is 60.3 Å². The van der Waals surface area contributed by atoms with E-state index >= 15 is 0 Å². The van der Waals surface area contributed by atoms with E-state index in [4.69, 9.17) is 0 Å². The van der Waals surface area contributed by atoms with Crippen LogP contribution in [0, 0.1) is 13.8 Å². The second-order valence-corrected chi connectivity index (χ2v) is 6.31. The Kier molecular flexibility index (Phi) is 3.83. The highest BCUT2D eigenvalue weighted by Gasteiger charge is 2.23. The molecule has 0 spiro atoms. The van der Waals surface area contributed by atoms with Gasteiger partial charge in [-0.25, -0.2) is 0 Å². The van der Waals surface area contributed by atoms with Crippen LogP contribution in [0.25, 0.3) is 0 Å². The van der Waals surface area contributed by atoms with Crippen molar-refractivity contribution in [1.29, 1.82) is 0 Å². The average molecular weight is 323 g/mol. The molecule has 1 aromatic carbocycles. The van der Waals surface area contributed by atoms with Crippen LogP contribution in [0.2, 0.25) is 0 Å². The van der Waals surface area contributed by atoms with Gasteiger partial charge < -0.3 is 5.11 Å². The molecular formula is C15H19BrN2O. The summed E-state index contributed by atoms with van der Waals surface area (Å²) in [5.41, 5.74) is 3.52. The fourth-order valence-electron chi connectivity index (χ4n) is 2.15. The van der Waals surface area contributed by atoms with Crippen molar-refractivity contribution >= 4 is 15.9 Å². The number of halogens is 1. The number of aryl methyl sites for hydroxylation is 2. The molecule has 0 fully saturated rings. The van der Waals surface area contributed by atoms with Crippen molar-refractivity contribution in [3.8, 4) is 0 Å². The normalized spacial score (nSPS) is 11.9. The second kappa shape index (κ2) is 5.10. The van der Waals surface area contributed by atoms with E-state index in [9.17, 15) is 5.11 Å². The predicted molar refractivity (Wildman–Crippen MR) is 80.2 cm³/mol. The summed E-state index contributed by atoms with van der Waals surface area (Å²) >= 11 is 3.46. The fraction of sp³-hybridized carbons (Fsp3) is 0.400. The summed E-state index contributed by atoms with van der Waals surface area (Å²) in [4.78, 5) is 0. The standard InChI is InChI=1S/C15H19BrN2O/c1-10-6-5-7-11(2)12(10)8-18-9-13(16)14(17-18)15(3,4)19/h5-7,9,19H,8H2,1-4H3. The van der Waals surface area contributed by atoms with Crippen LogP contribution in [-0.4, -0.2) is 14.9 Å². The molecule has 1 aromatic heterocycles. The number of nitrogens with zero attached hydrogens (tertiary/aromatic N) is 2. The lowest BCUT2D eigenvalue weighted by molar-refractivity contribution is 0.0724. The molecule has 0 aliphatic carbocycles. The van der Waals surface area contributed by atoms with E-state index in [1.54, 1.807) is 13.8 Å². The smallest absolute Gasteiger partial charge is 0.108 e. The Hall–Kier alpha value is -1.13. The lowest BCUT2D eigenvalue weighted by atomic mass is 10.0. The van der Waals surface area contributed by atoms with Crippen molar-refractivity contribution < 1.29 is 5.11 Å². The summed E-state index contributed by atoms with van der Waals surface area (Å²) < 4.78 is 2.71. The zero-order valence-electron chi connectivity index (χ0n) is 11.7. The molecule has 0 bridgehead atoms. The molecule has 0 atom stereocenters. The van der Waals surface area contributed by atoms with Gasteiger partial charge >= 0.3 is 0 Å². The van der Waals surface area contributed by atoms with Crippen LogP contribution in [-0.2, 0) is 12.1 Å². The van der Waals surface area contributed by atoms with Gasteiger partial charge in [0.15, 0.2) is 0 Å². The molecule has 0 aliphatic heterocycles. The third kappa shape index (κ3) is 3.07. The molecule has 2 aromatic rings. The Labute approximate surface area is 122 Å². The quantitative estimate of drug-likeness (QED) is 0.938. The van der Waals surface area contributed by atoms with Gasteiger partial charge in [-0.1, -0.05) is 18.2 Å². The number of benzene rings is 1. The van der Waals surface area contributed by atoms with E-state index in [1.165, 1.54) is 16.7 Å². The Morgan fingerprint density at radius 2 is 1.84 bits per heavy atom. The molecule has 2 rings (SSSR count). The van der Waals surface area contributed by atoms with Crippen LogP contribution in [0.15, 0.2) is 28.9 Å². The second-order valence-electron chi connectivity index (χ2n) is 5.45. The first-order chi connectivity index (χ1) is 8.79. The first-order valence-corrected chi connectivity index (χ1v) is 7.09. The van der Waals surface area contributed by atoms with Crippen LogP contribution in [0.1, 0.15) is 36.2 Å². The van der Waals surface area contributed by atoms with Crippen molar-refractivity contribution in [3.05, 3.63) is 51.3 Å². The molecule has 102 valence electrons. The van der Waals surface area contributed by atoms with Gasteiger partial charge in [-0.3, -0.25) is 4.68 Å². The largest absolute Gasteiger partial charge is 0.384 e. The number of rotatable bonds is 3. The summed E-state index contributed by atoms with van der Waals surface area (Å²) in [6.45, 7) is 8.41. The zero-order valence-corrected chi connectivity index (χ0v) is 13.3. The van der Waals surface area contributed by atoms with Crippen LogP contribution >= 0.6 is 15.9 Å². The van der Waals surface area contributed by atoms with E-state index in [0.29, 0.717) is 12.2 Å². The summed E-state index contributed by atoms with van der Waals surface area (Å²) in [6, 6.07) is 6.28. The molecule has 0 saturated carbocycles. The van der Waals surface area contributed by atoms with E-state index in [0.717, 1.165) is 4.47 Å². The van der Waals surface area contributed by atoms with Gasteiger partial charge in [0.1, 0.15) is 11.3 Å². The molecule has 0 amide bonds. The summed E-state index contributed by atoms with van der Waals surface area (Å²) in [5.74, 6) is 0. The zero-order chi connectivity index (χ0) is 14.2. The molecule has 1 heterocycles. The molecule has 0 aliphatic rings. The molecule has 0 unspecified atom stereocenters. The van der Waals surface area contributed by atoms with Gasteiger partial charge in [0.2, 0.25) is 0 Å². The summed E-state index contributed by atoms with van der Waals surface area (Å²) in [5, 5.41) is 14.5. The highest BCUT2D eigenvalue weighted by Crippen LogP contribution is 2.27.